The molecule has 0 aromatic carbocycles. The van der Waals surface area contributed by atoms with Crippen molar-refractivity contribution in [3.05, 3.63) is 35.5 Å². The van der Waals surface area contributed by atoms with Crippen molar-refractivity contribution in [1.29, 1.82) is 0 Å². The van der Waals surface area contributed by atoms with Crippen LogP contribution >= 0.6 is 11.3 Å². The van der Waals surface area contributed by atoms with Gasteiger partial charge in [-0.05, 0) is 24.0 Å². The standard InChI is InChI=1S/C15H21N3S/c1-4-15(2,3)11-16-9-12-10-19-14(18-12)13-7-5-6-8-17-13/h5-8,10,16H,4,9,11H2,1-3H3. The van der Waals surface area contributed by atoms with Crippen LogP contribution in [-0.4, -0.2) is 16.5 Å². The molecule has 0 aliphatic heterocycles. The number of hydrogen-bond acceptors (Lipinski definition) is 4. The molecular weight excluding hydrogens is 254 g/mol. The van der Waals surface area contributed by atoms with Gasteiger partial charge in [0.1, 0.15) is 5.01 Å². The Hall–Kier alpha value is -1.26. The van der Waals surface area contributed by atoms with Crippen LogP contribution in [0.3, 0.4) is 0 Å². The maximum atomic E-state index is 4.62. The molecule has 0 saturated heterocycles. The van der Waals surface area contributed by atoms with Crippen molar-refractivity contribution in [2.24, 2.45) is 5.41 Å². The van der Waals surface area contributed by atoms with E-state index in [1.807, 2.05) is 18.2 Å². The molecule has 0 fully saturated rings. The van der Waals surface area contributed by atoms with Crippen molar-refractivity contribution in [2.45, 2.75) is 33.7 Å². The first-order valence-corrected chi connectivity index (χ1v) is 7.55. The number of thiazole rings is 1. The van der Waals surface area contributed by atoms with E-state index in [2.05, 4.69) is 41.4 Å². The van der Waals surface area contributed by atoms with Crippen LogP contribution in [0.4, 0.5) is 0 Å². The number of nitrogens with zero attached hydrogens (tertiary/aromatic N) is 2. The number of nitrogens with one attached hydrogen (secondary N) is 1. The first-order chi connectivity index (χ1) is 9.11. The van der Waals surface area contributed by atoms with E-state index in [0.717, 1.165) is 29.5 Å². The topological polar surface area (TPSA) is 37.8 Å². The molecule has 0 radical (unpaired) electrons. The van der Waals surface area contributed by atoms with Crippen LogP contribution in [0.5, 0.6) is 0 Å². The van der Waals surface area contributed by atoms with Crippen LogP contribution in [0.15, 0.2) is 29.8 Å². The molecule has 2 rings (SSSR count). The van der Waals surface area contributed by atoms with Gasteiger partial charge in [0.25, 0.3) is 0 Å². The van der Waals surface area contributed by atoms with Gasteiger partial charge in [0.2, 0.25) is 0 Å². The third kappa shape index (κ3) is 4.11. The molecule has 0 aliphatic rings. The summed E-state index contributed by atoms with van der Waals surface area (Å²) in [5, 5.41) is 6.58. The molecule has 0 spiro atoms. The lowest BCUT2D eigenvalue weighted by molar-refractivity contribution is 0.327. The molecule has 102 valence electrons. The molecular formula is C15H21N3S. The fourth-order valence-electron chi connectivity index (χ4n) is 1.65. The molecule has 2 aromatic heterocycles. The van der Waals surface area contributed by atoms with E-state index in [4.69, 9.17) is 0 Å². The fraction of sp³-hybridized carbons (Fsp3) is 0.467. The summed E-state index contributed by atoms with van der Waals surface area (Å²) in [5.74, 6) is 0. The third-order valence-electron chi connectivity index (χ3n) is 3.30. The van der Waals surface area contributed by atoms with E-state index in [-0.39, 0.29) is 0 Å². The van der Waals surface area contributed by atoms with E-state index >= 15 is 0 Å². The summed E-state index contributed by atoms with van der Waals surface area (Å²) >= 11 is 1.65. The summed E-state index contributed by atoms with van der Waals surface area (Å²) in [6, 6.07) is 5.91. The van der Waals surface area contributed by atoms with Crippen LogP contribution in [-0.2, 0) is 6.54 Å². The highest BCUT2D eigenvalue weighted by Crippen LogP contribution is 2.22. The van der Waals surface area contributed by atoms with Crippen molar-refractivity contribution in [1.82, 2.24) is 15.3 Å². The molecule has 0 saturated carbocycles. The average Bonchev–Trinajstić information content (AvgIpc) is 2.88. The Kier molecular flexibility index (Phi) is 4.66. The Labute approximate surface area is 119 Å². The lowest BCUT2D eigenvalue weighted by Gasteiger charge is -2.22. The first-order valence-electron chi connectivity index (χ1n) is 6.67. The Balaban J connectivity index is 1.92. The van der Waals surface area contributed by atoms with Crippen LogP contribution < -0.4 is 5.32 Å². The van der Waals surface area contributed by atoms with Crippen molar-refractivity contribution in [3.8, 4) is 10.7 Å². The highest BCUT2D eigenvalue weighted by Gasteiger charge is 2.14. The van der Waals surface area contributed by atoms with Crippen LogP contribution in [0.25, 0.3) is 10.7 Å². The van der Waals surface area contributed by atoms with Gasteiger partial charge in [0.05, 0.1) is 11.4 Å². The number of hydrogen-bond donors (Lipinski definition) is 1. The third-order valence-corrected chi connectivity index (χ3v) is 4.22. The van der Waals surface area contributed by atoms with E-state index in [1.54, 1.807) is 17.5 Å². The van der Waals surface area contributed by atoms with Crippen molar-refractivity contribution in [2.75, 3.05) is 6.54 Å². The molecule has 2 aromatic rings. The molecule has 19 heavy (non-hydrogen) atoms. The normalized spacial score (nSPS) is 11.7. The molecule has 2 heterocycles. The highest BCUT2D eigenvalue weighted by atomic mass is 32.1. The van der Waals surface area contributed by atoms with Gasteiger partial charge < -0.3 is 5.32 Å². The maximum absolute atomic E-state index is 4.62. The monoisotopic (exact) mass is 275 g/mol. The SMILES string of the molecule is CCC(C)(C)CNCc1csc(-c2ccccn2)n1. The highest BCUT2D eigenvalue weighted by molar-refractivity contribution is 7.13. The zero-order valence-corrected chi connectivity index (χ0v) is 12.6. The summed E-state index contributed by atoms with van der Waals surface area (Å²) in [6.45, 7) is 8.62. The summed E-state index contributed by atoms with van der Waals surface area (Å²) < 4.78 is 0. The van der Waals surface area contributed by atoms with Crippen molar-refractivity contribution >= 4 is 11.3 Å². The Bertz CT molecular complexity index is 505. The quantitative estimate of drug-likeness (QED) is 0.873. The molecule has 0 bridgehead atoms. The van der Waals surface area contributed by atoms with E-state index in [0.29, 0.717) is 5.41 Å². The lowest BCUT2D eigenvalue weighted by Crippen LogP contribution is -2.28. The molecule has 3 nitrogen and oxygen atoms in total. The second-order valence-electron chi connectivity index (χ2n) is 5.48. The maximum Gasteiger partial charge on any atom is 0.142 e. The van der Waals surface area contributed by atoms with Crippen molar-refractivity contribution in [3.63, 3.8) is 0 Å². The second-order valence-corrected chi connectivity index (χ2v) is 6.34. The Morgan fingerprint density at radius 2 is 2.16 bits per heavy atom. The van der Waals surface area contributed by atoms with Gasteiger partial charge >= 0.3 is 0 Å². The predicted octanol–water partition coefficient (Wildman–Crippen LogP) is 3.73. The van der Waals surface area contributed by atoms with Crippen LogP contribution in [0, 0.1) is 5.41 Å². The molecule has 0 amide bonds. The molecule has 4 heteroatoms. The van der Waals surface area contributed by atoms with Gasteiger partial charge in [-0.15, -0.1) is 11.3 Å². The summed E-state index contributed by atoms with van der Waals surface area (Å²) in [4.78, 5) is 8.94. The largest absolute Gasteiger partial charge is 0.311 e. The number of aromatic nitrogens is 2. The van der Waals surface area contributed by atoms with Crippen LogP contribution in [0.2, 0.25) is 0 Å². The van der Waals surface area contributed by atoms with Crippen molar-refractivity contribution < 1.29 is 0 Å². The van der Waals surface area contributed by atoms with E-state index in [1.165, 1.54) is 6.42 Å². The van der Waals surface area contributed by atoms with Gasteiger partial charge in [0, 0.05) is 24.7 Å². The zero-order valence-electron chi connectivity index (χ0n) is 11.8. The zero-order chi connectivity index (χ0) is 13.7. The molecule has 1 N–H and O–H groups in total. The van der Waals surface area contributed by atoms with Crippen LogP contribution in [0.1, 0.15) is 32.9 Å². The number of rotatable bonds is 6. The fourth-order valence-corrected chi connectivity index (χ4v) is 2.44. The smallest absolute Gasteiger partial charge is 0.142 e. The Morgan fingerprint density at radius 1 is 1.32 bits per heavy atom. The van der Waals surface area contributed by atoms with E-state index < -0.39 is 0 Å². The van der Waals surface area contributed by atoms with E-state index in [9.17, 15) is 0 Å². The van der Waals surface area contributed by atoms with Gasteiger partial charge in [-0.1, -0.05) is 26.8 Å². The Morgan fingerprint density at radius 3 is 2.84 bits per heavy atom. The summed E-state index contributed by atoms with van der Waals surface area (Å²) in [6.07, 6.45) is 2.98. The average molecular weight is 275 g/mol. The second kappa shape index (κ2) is 6.26. The summed E-state index contributed by atoms with van der Waals surface area (Å²) in [7, 11) is 0. The number of pyridine rings is 1. The minimum Gasteiger partial charge on any atom is -0.311 e. The summed E-state index contributed by atoms with van der Waals surface area (Å²) in [5.41, 5.74) is 2.39. The lowest BCUT2D eigenvalue weighted by atomic mass is 9.90. The molecule has 0 unspecified atom stereocenters. The minimum atomic E-state index is 0.347. The first kappa shape index (κ1) is 14.2. The van der Waals surface area contributed by atoms with Gasteiger partial charge in [0.15, 0.2) is 0 Å². The molecule has 0 atom stereocenters. The predicted molar refractivity (Wildman–Crippen MR) is 81.1 cm³/mol. The van der Waals surface area contributed by atoms with Gasteiger partial charge in [-0.25, -0.2) is 4.98 Å². The molecule has 0 aliphatic carbocycles. The van der Waals surface area contributed by atoms with Gasteiger partial charge in [-0.3, -0.25) is 4.98 Å². The minimum absolute atomic E-state index is 0.347. The van der Waals surface area contributed by atoms with Gasteiger partial charge in [-0.2, -0.15) is 0 Å².